The lowest BCUT2D eigenvalue weighted by Gasteiger charge is -2.32. The molecular formula is C21H28BNO7S. The summed E-state index contributed by atoms with van der Waals surface area (Å²) in [6.45, 7) is 10.6. The van der Waals surface area contributed by atoms with E-state index in [1.807, 2.05) is 27.7 Å². The van der Waals surface area contributed by atoms with Crippen molar-refractivity contribution in [2.75, 3.05) is 17.6 Å². The Bertz CT molecular complexity index is 1160. The molecule has 0 unspecified atom stereocenters. The van der Waals surface area contributed by atoms with Gasteiger partial charge in [-0.25, -0.2) is 8.42 Å². The molecule has 168 valence electrons. The Kier molecular flexibility index (Phi) is 5.65. The SMILES string of the molecule is CCC(=O)c1c(C(C)=O)oc2cc(N(C)S(C)(=O)=O)c(B3OC(C)(C)C(C)(C)O3)cc12. The highest BCUT2D eigenvalue weighted by Crippen LogP contribution is 2.38. The third-order valence-electron chi connectivity index (χ3n) is 6.10. The van der Waals surface area contributed by atoms with Crippen LogP contribution in [0.2, 0.25) is 0 Å². The lowest BCUT2D eigenvalue weighted by Crippen LogP contribution is -2.41. The molecule has 2 aromatic rings. The molecule has 1 fully saturated rings. The van der Waals surface area contributed by atoms with E-state index in [9.17, 15) is 18.0 Å². The smallest absolute Gasteiger partial charge is 0.452 e. The second-order valence-corrected chi connectivity index (χ2v) is 10.9. The molecule has 1 aliphatic rings. The number of carbonyl (C=O) groups is 2. The Morgan fingerprint density at radius 3 is 2.10 bits per heavy atom. The topological polar surface area (TPSA) is 103 Å². The first-order valence-corrected chi connectivity index (χ1v) is 11.9. The minimum atomic E-state index is -3.63. The Morgan fingerprint density at radius 1 is 1.10 bits per heavy atom. The van der Waals surface area contributed by atoms with Crippen LogP contribution in [0.25, 0.3) is 11.0 Å². The van der Waals surface area contributed by atoms with E-state index in [0.29, 0.717) is 10.8 Å². The van der Waals surface area contributed by atoms with Crippen LogP contribution in [0.4, 0.5) is 5.69 Å². The van der Waals surface area contributed by atoms with E-state index in [4.69, 9.17) is 13.7 Å². The summed E-state index contributed by atoms with van der Waals surface area (Å²) in [5.41, 5.74) is -0.162. The van der Waals surface area contributed by atoms with Crippen LogP contribution >= 0.6 is 0 Å². The van der Waals surface area contributed by atoms with E-state index in [0.717, 1.165) is 10.6 Å². The highest BCUT2D eigenvalue weighted by atomic mass is 32.2. The lowest BCUT2D eigenvalue weighted by atomic mass is 9.76. The predicted octanol–water partition coefficient (Wildman–Crippen LogP) is 2.92. The first-order valence-electron chi connectivity index (χ1n) is 10.0. The van der Waals surface area contributed by atoms with E-state index >= 15 is 0 Å². The van der Waals surface area contributed by atoms with E-state index in [1.54, 1.807) is 13.0 Å². The number of sulfonamides is 1. The van der Waals surface area contributed by atoms with E-state index in [-0.39, 0.29) is 40.6 Å². The number of hydrogen-bond acceptors (Lipinski definition) is 7. The van der Waals surface area contributed by atoms with Crippen LogP contribution in [-0.2, 0) is 19.3 Å². The number of carbonyl (C=O) groups excluding carboxylic acids is 2. The minimum Gasteiger partial charge on any atom is -0.452 e. The molecule has 0 atom stereocenters. The van der Waals surface area contributed by atoms with Crippen LogP contribution in [-0.4, -0.2) is 51.6 Å². The zero-order valence-corrected chi connectivity index (χ0v) is 20.0. The summed E-state index contributed by atoms with van der Waals surface area (Å²) < 4.78 is 43.8. The Morgan fingerprint density at radius 2 is 1.65 bits per heavy atom. The summed E-state index contributed by atoms with van der Waals surface area (Å²) in [5, 5.41) is 0.424. The number of ketones is 2. The molecule has 1 aliphatic heterocycles. The number of benzene rings is 1. The summed E-state index contributed by atoms with van der Waals surface area (Å²) >= 11 is 0. The van der Waals surface area contributed by atoms with Gasteiger partial charge in [0.05, 0.1) is 28.7 Å². The molecule has 0 N–H and O–H groups in total. The molecule has 8 nitrogen and oxygen atoms in total. The summed E-state index contributed by atoms with van der Waals surface area (Å²) in [7, 11) is -3.09. The molecule has 0 aliphatic carbocycles. The fraction of sp³-hybridized carbons (Fsp3) is 0.524. The largest absolute Gasteiger partial charge is 0.497 e. The molecular weight excluding hydrogens is 421 g/mol. The predicted molar refractivity (Wildman–Crippen MR) is 120 cm³/mol. The molecule has 1 aromatic carbocycles. The first kappa shape index (κ1) is 23.5. The third-order valence-corrected chi connectivity index (χ3v) is 7.29. The van der Waals surface area contributed by atoms with Crippen molar-refractivity contribution in [2.24, 2.45) is 0 Å². The van der Waals surface area contributed by atoms with Crippen molar-refractivity contribution in [3.05, 3.63) is 23.5 Å². The van der Waals surface area contributed by atoms with Gasteiger partial charge in [0.1, 0.15) is 5.58 Å². The zero-order valence-electron chi connectivity index (χ0n) is 19.2. The number of fused-ring (bicyclic) bond motifs is 1. The maximum atomic E-state index is 12.6. The maximum Gasteiger partial charge on any atom is 0.497 e. The molecule has 3 rings (SSSR count). The van der Waals surface area contributed by atoms with Crippen LogP contribution < -0.4 is 9.77 Å². The number of furan rings is 1. The summed E-state index contributed by atoms with van der Waals surface area (Å²) in [4.78, 5) is 24.8. The molecule has 0 saturated carbocycles. The van der Waals surface area contributed by atoms with Crippen molar-refractivity contribution in [3.8, 4) is 0 Å². The molecule has 0 amide bonds. The lowest BCUT2D eigenvalue weighted by molar-refractivity contribution is 0.00578. The number of anilines is 1. The van der Waals surface area contributed by atoms with Gasteiger partial charge in [-0.15, -0.1) is 0 Å². The maximum absolute atomic E-state index is 12.6. The average Bonchev–Trinajstić information content (AvgIpc) is 3.12. The third kappa shape index (κ3) is 3.92. The van der Waals surface area contributed by atoms with Crippen LogP contribution in [0.15, 0.2) is 16.5 Å². The average molecular weight is 449 g/mol. The van der Waals surface area contributed by atoms with Crippen LogP contribution in [0, 0.1) is 0 Å². The Labute approximate surface area is 183 Å². The highest BCUT2D eigenvalue weighted by Gasteiger charge is 2.52. The standard InChI is InChI=1S/C21H28BNO7S/c1-9-16(25)18-13-10-14(22-29-20(3,4)21(5,6)30-22)15(23(7)31(8,26)27)11-17(13)28-19(18)12(2)24/h10-11H,9H2,1-8H3. The van der Waals surface area contributed by atoms with Gasteiger partial charge in [-0.05, 0) is 33.8 Å². The number of hydrogen-bond donors (Lipinski definition) is 0. The van der Waals surface area contributed by atoms with Gasteiger partial charge in [0, 0.05) is 37.3 Å². The summed E-state index contributed by atoms with van der Waals surface area (Å²) in [5.74, 6) is -0.669. The molecule has 2 heterocycles. The van der Waals surface area contributed by atoms with Crippen molar-refractivity contribution in [1.82, 2.24) is 0 Å². The van der Waals surface area contributed by atoms with E-state index in [2.05, 4.69) is 0 Å². The summed E-state index contributed by atoms with van der Waals surface area (Å²) in [6.07, 6.45) is 1.27. The van der Waals surface area contributed by atoms with Gasteiger partial charge in [0.25, 0.3) is 0 Å². The minimum absolute atomic E-state index is 0.0409. The van der Waals surface area contributed by atoms with Gasteiger partial charge < -0.3 is 13.7 Å². The van der Waals surface area contributed by atoms with Crippen molar-refractivity contribution >= 4 is 50.8 Å². The molecule has 0 bridgehead atoms. The fourth-order valence-corrected chi connectivity index (χ4v) is 3.98. The molecule has 0 radical (unpaired) electrons. The molecule has 31 heavy (non-hydrogen) atoms. The molecule has 10 heteroatoms. The number of nitrogens with zero attached hydrogens (tertiary/aromatic N) is 1. The Balaban J connectivity index is 2.35. The number of rotatable bonds is 6. The van der Waals surface area contributed by atoms with Gasteiger partial charge in [0.2, 0.25) is 10.0 Å². The molecule has 1 aromatic heterocycles. The van der Waals surface area contributed by atoms with Crippen LogP contribution in [0.3, 0.4) is 0 Å². The second kappa shape index (κ2) is 7.46. The van der Waals surface area contributed by atoms with Gasteiger partial charge in [-0.1, -0.05) is 6.92 Å². The van der Waals surface area contributed by atoms with Crippen molar-refractivity contribution in [3.63, 3.8) is 0 Å². The normalized spacial score (nSPS) is 17.9. The van der Waals surface area contributed by atoms with E-state index < -0.39 is 28.3 Å². The van der Waals surface area contributed by atoms with Gasteiger partial charge in [0.15, 0.2) is 17.3 Å². The summed E-state index contributed by atoms with van der Waals surface area (Å²) in [6, 6.07) is 3.14. The Hall–Kier alpha value is -2.17. The van der Waals surface area contributed by atoms with Crippen molar-refractivity contribution < 1.29 is 31.7 Å². The van der Waals surface area contributed by atoms with Gasteiger partial charge in [-0.3, -0.25) is 13.9 Å². The van der Waals surface area contributed by atoms with E-state index in [1.165, 1.54) is 20.0 Å². The first-order chi connectivity index (χ1) is 14.1. The van der Waals surface area contributed by atoms with Gasteiger partial charge >= 0.3 is 7.12 Å². The van der Waals surface area contributed by atoms with Gasteiger partial charge in [-0.2, -0.15) is 0 Å². The highest BCUT2D eigenvalue weighted by molar-refractivity contribution is 7.92. The van der Waals surface area contributed by atoms with Crippen LogP contribution in [0.5, 0.6) is 0 Å². The fourth-order valence-electron chi connectivity index (χ4n) is 3.46. The second-order valence-electron chi connectivity index (χ2n) is 8.87. The van der Waals surface area contributed by atoms with Crippen LogP contribution in [0.1, 0.15) is 68.9 Å². The zero-order chi connectivity index (χ0) is 23.5. The van der Waals surface area contributed by atoms with Crippen molar-refractivity contribution in [2.45, 2.75) is 59.2 Å². The molecule has 0 spiro atoms. The van der Waals surface area contributed by atoms with Crippen molar-refractivity contribution in [1.29, 1.82) is 0 Å². The quantitative estimate of drug-likeness (QED) is 0.494. The number of Topliss-reactive ketones (excluding diaryl/α,β-unsaturated/α-hetero) is 2. The molecule has 1 saturated heterocycles. The monoisotopic (exact) mass is 449 g/mol.